The predicted molar refractivity (Wildman–Crippen MR) is 378 cm³/mol. The number of carbonyl (C=O) groups is 8. The van der Waals surface area contributed by atoms with Crippen LogP contribution in [0, 0.1) is 47.3 Å². The van der Waals surface area contributed by atoms with Crippen LogP contribution in [0.15, 0.2) is 0 Å². The van der Waals surface area contributed by atoms with Crippen molar-refractivity contribution in [3.05, 3.63) is 0 Å². The van der Waals surface area contributed by atoms with E-state index in [0.29, 0.717) is 51.4 Å². The Morgan fingerprint density at radius 1 is 0.163 bits per heavy atom. The van der Waals surface area contributed by atoms with E-state index in [1.54, 1.807) is 0 Å². The molecule has 0 aromatic rings. The van der Waals surface area contributed by atoms with Crippen molar-refractivity contribution in [1.29, 1.82) is 0 Å². The molecule has 10 heterocycles. The molecule has 0 aromatic carbocycles. The van der Waals surface area contributed by atoms with Gasteiger partial charge in [0.25, 0.3) is 0 Å². The standard InChI is InChI=1S/2C40H64O12/c2*1-21-17-29-9-13-34(49-29)26(6)38(42)46-23(3)19-31-11-15-36(51-31)28(8)40(44)48-24(4)20-32-12-16-35(52-32)27(7)39(43)47-22(2)18-30-10-14-33(50-30)25(5)37(41)45-21/h2*21-36H,9-20H2,1-8H3/t2*21-,22+,23+,24-,25-,26+,27+,28-,29-,30+,31+,32-,33-,34+,35+,36-. The highest BCUT2D eigenvalue weighted by Crippen LogP contribution is 2.39. The van der Waals surface area contributed by atoms with Crippen molar-refractivity contribution in [2.45, 2.75) is 411 Å². The van der Waals surface area contributed by atoms with Gasteiger partial charge in [0.05, 0.1) is 145 Å². The third kappa shape index (κ3) is 23.7. The van der Waals surface area contributed by atoms with E-state index >= 15 is 0 Å². The molecule has 10 aliphatic heterocycles. The number of esters is 8. The van der Waals surface area contributed by atoms with Gasteiger partial charge in [-0.1, -0.05) is 0 Å². The van der Waals surface area contributed by atoms with Crippen LogP contribution in [-0.2, 0) is 114 Å². The van der Waals surface area contributed by atoms with Crippen LogP contribution >= 0.6 is 0 Å². The molecule has 24 nitrogen and oxygen atoms in total. The summed E-state index contributed by atoms with van der Waals surface area (Å²) in [4.78, 5) is 105. The fraction of sp³-hybridized carbons (Fsp3) is 0.900. The van der Waals surface area contributed by atoms with Crippen LogP contribution in [0.1, 0.15) is 265 Å². The average molecular weight is 1470 g/mol. The zero-order valence-electron chi connectivity index (χ0n) is 65.2. The lowest BCUT2D eigenvalue weighted by Gasteiger charge is -2.26. The van der Waals surface area contributed by atoms with Crippen molar-refractivity contribution in [2.24, 2.45) is 47.3 Å². The monoisotopic (exact) mass is 1470 g/mol. The second-order valence-electron chi connectivity index (χ2n) is 33.2. The molecule has 0 amide bonds. The Bertz CT molecular complexity index is 2270. The van der Waals surface area contributed by atoms with Gasteiger partial charge in [0.2, 0.25) is 0 Å². The van der Waals surface area contributed by atoms with Crippen LogP contribution < -0.4 is 0 Å². The maximum atomic E-state index is 13.1. The molecule has 104 heavy (non-hydrogen) atoms. The van der Waals surface area contributed by atoms with Crippen molar-refractivity contribution in [3.8, 4) is 0 Å². The summed E-state index contributed by atoms with van der Waals surface area (Å²) in [5.74, 6) is -5.86. The molecule has 0 aliphatic carbocycles. The molecule has 592 valence electrons. The molecule has 0 saturated carbocycles. The lowest BCUT2D eigenvalue weighted by atomic mass is 10.00. The molecule has 10 saturated heterocycles. The van der Waals surface area contributed by atoms with Gasteiger partial charge in [-0.05, 0) is 214 Å². The number of carbonyl (C=O) groups excluding carboxylic acids is 8. The molecule has 0 spiro atoms. The first-order valence-electron chi connectivity index (χ1n) is 40.2. The van der Waals surface area contributed by atoms with Crippen LogP contribution in [0.25, 0.3) is 0 Å². The largest absolute Gasteiger partial charge is 0.462 e. The quantitative estimate of drug-likeness (QED) is 0.161. The topological polar surface area (TPSA) is 284 Å². The van der Waals surface area contributed by atoms with Gasteiger partial charge in [0.15, 0.2) is 0 Å². The van der Waals surface area contributed by atoms with E-state index in [2.05, 4.69) is 0 Å². The van der Waals surface area contributed by atoms with Gasteiger partial charge in [-0.15, -0.1) is 0 Å². The average Bonchev–Trinajstić information content (AvgIpc) is 1.72. The smallest absolute Gasteiger partial charge is 0.311 e. The predicted octanol–water partition coefficient (Wildman–Crippen LogP) is 12.0. The van der Waals surface area contributed by atoms with Crippen LogP contribution in [0.4, 0.5) is 0 Å². The minimum absolute atomic E-state index is 0.119. The Morgan fingerprint density at radius 2 is 0.260 bits per heavy atom. The maximum absolute atomic E-state index is 13.1. The van der Waals surface area contributed by atoms with Crippen molar-refractivity contribution in [3.63, 3.8) is 0 Å². The third-order valence-corrected chi connectivity index (χ3v) is 23.9. The van der Waals surface area contributed by atoms with Crippen LogP contribution in [0.5, 0.6) is 0 Å². The Kier molecular flexibility index (Phi) is 31.0. The Morgan fingerprint density at radius 3 is 0.356 bits per heavy atom. The van der Waals surface area contributed by atoms with Crippen molar-refractivity contribution in [1.82, 2.24) is 0 Å². The molecule has 32 atom stereocenters. The molecule has 10 aliphatic rings. The summed E-state index contributed by atoms with van der Waals surface area (Å²) in [6.07, 6.45) is 10.4. The number of hydrogen-bond donors (Lipinski definition) is 0. The first kappa shape index (κ1) is 83.5. The molecule has 10 rings (SSSR count). The van der Waals surface area contributed by atoms with E-state index in [9.17, 15) is 38.4 Å². The van der Waals surface area contributed by atoms with E-state index in [1.807, 2.05) is 111 Å². The van der Waals surface area contributed by atoms with E-state index in [4.69, 9.17) is 75.8 Å². The zero-order valence-corrected chi connectivity index (χ0v) is 65.2. The molecule has 10 fully saturated rings. The number of ether oxygens (including phenoxy) is 16. The lowest BCUT2D eigenvalue weighted by Crippen LogP contribution is -2.34. The maximum Gasteiger partial charge on any atom is 0.311 e. The number of fused-ring (bicyclic) bond motifs is 16. The second-order valence-corrected chi connectivity index (χ2v) is 33.2. The van der Waals surface area contributed by atoms with Gasteiger partial charge in [-0.3, -0.25) is 38.4 Å². The van der Waals surface area contributed by atoms with E-state index < -0.39 is 47.3 Å². The van der Waals surface area contributed by atoms with Crippen molar-refractivity contribution < 1.29 is 114 Å². The molecule has 0 N–H and O–H groups in total. The van der Waals surface area contributed by atoms with Gasteiger partial charge in [0.1, 0.15) is 48.8 Å². The zero-order chi connectivity index (χ0) is 75.4. The Labute approximate surface area is 618 Å². The normalized spacial score (nSPS) is 45.2. The van der Waals surface area contributed by atoms with Gasteiger partial charge < -0.3 is 75.8 Å². The fourth-order valence-corrected chi connectivity index (χ4v) is 17.2. The summed E-state index contributed by atoms with van der Waals surface area (Å²) >= 11 is 0. The highest BCUT2D eigenvalue weighted by atomic mass is 16.6. The summed E-state index contributed by atoms with van der Waals surface area (Å²) < 4.78 is 96.8. The highest BCUT2D eigenvalue weighted by Gasteiger charge is 2.45. The van der Waals surface area contributed by atoms with Crippen LogP contribution in [0.2, 0.25) is 0 Å². The van der Waals surface area contributed by atoms with Gasteiger partial charge >= 0.3 is 47.8 Å². The SMILES string of the molecule is C[C@@H]1C[C@H]2CC[C@H](O2)[C@H](C)C(=O)O[C@@H](C)C[C@@H]2CC[C@@H](O2)[C@@H](C)C(=O)O[C@H](C)C[C@H]2CC[C@H](O2)[C@H](C)C(=O)O[C@@H](C)C[C@@H]2CC[C@@H](O2)[C@@H](C)C(=O)O1.C[C@@H]1C[C@H]2CC[C@H](O2)[C@H](C)C(=O)O[C@@H](C)C[C@@H]2CC[C@@H](O2)[C@@H](C)C(=O)O[C@H](C)C[C@H]2CC[C@H](O2)[C@H](C)C(=O)O[C@@H](C)C[C@@H]2CC[C@@H](O2)[C@@H](C)C(=O)O1. The number of hydrogen-bond acceptors (Lipinski definition) is 24. The Hall–Kier alpha value is -4.56. The molecule has 0 radical (unpaired) electrons. The minimum atomic E-state index is -0.434. The third-order valence-electron chi connectivity index (χ3n) is 23.9. The summed E-state index contributed by atoms with van der Waals surface area (Å²) in [5, 5.41) is 0. The molecular weight excluding hydrogens is 1340 g/mol. The number of rotatable bonds is 0. The summed E-state index contributed by atoms with van der Waals surface area (Å²) in [6, 6.07) is 0. The minimum Gasteiger partial charge on any atom is -0.462 e. The lowest BCUT2D eigenvalue weighted by molar-refractivity contribution is -0.165. The van der Waals surface area contributed by atoms with E-state index in [1.165, 1.54) is 0 Å². The fourth-order valence-electron chi connectivity index (χ4n) is 17.2. The summed E-state index contributed by atoms with van der Waals surface area (Å²) in [7, 11) is 0. The molecule has 24 heteroatoms. The highest BCUT2D eigenvalue weighted by molar-refractivity contribution is 5.76. The van der Waals surface area contributed by atoms with Gasteiger partial charge in [0, 0.05) is 51.4 Å². The molecule has 0 aromatic heterocycles. The molecular formula is C80H128O24. The van der Waals surface area contributed by atoms with Crippen molar-refractivity contribution >= 4 is 47.8 Å². The van der Waals surface area contributed by atoms with E-state index in [-0.39, 0.29) is 194 Å². The first-order chi connectivity index (χ1) is 49.3. The number of cyclic esters (lactones) is 8. The Balaban J connectivity index is 0.000000241. The molecule has 16 bridgehead atoms. The second kappa shape index (κ2) is 38.7. The van der Waals surface area contributed by atoms with E-state index in [0.717, 1.165) is 103 Å². The van der Waals surface area contributed by atoms with Crippen LogP contribution in [0.3, 0.4) is 0 Å². The molecule has 0 unspecified atom stereocenters. The summed E-state index contributed by atoms with van der Waals surface area (Å²) in [5.41, 5.74) is 0. The van der Waals surface area contributed by atoms with Gasteiger partial charge in [-0.2, -0.15) is 0 Å². The van der Waals surface area contributed by atoms with Crippen LogP contribution in [-0.4, -0.2) is 194 Å². The first-order valence-corrected chi connectivity index (χ1v) is 40.2. The summed E-state index contributed by atoms with van der Waals surface area (Å²) in [6.45, 7) is 29.7. The van der Waals surface area contributed by atoms with Gasteiger partial charge in [-0.25, -0.2) is 0 Å². The van der Waals surface area contributed by atoms with Crippen molar-refractivity contribution in [2.75, 3.05) is 0 Å².